The van der Waals surface area contributed by atoms with Crippen LogP contribution in [0.2, 0.25) is 10.0 Å². The normalized spacial score (nSPS) is 15.1. The van der Waals surface area contributed by atoms with Gasteiger partial charge < -0.3 is 20.3 Å². The summed E-state index contributed by atoms with van der Waals surface area (Å²) in [4.78, 5) is 38.8. The second-order valence-electron chi connectivity index (χ2n) is 8.10. The van der Waals surface area contributed by atoms with Crippen LogP contribution in [0.15, 0.2) is 72.8 Å². The van der Waals surface area contributed by atoms with Crippen molar-refractivity contribution >= 4 is 52.3 Å². The molecule has 3 amide bonds. The molecule has 1 atom stereocenters. The Morgan fingerprint density at radius 3 is 2.34 bits per heavy atom. The number of anilines is 2. The van der Waals surface area contributed by atoms with Crippen LogP contribution in [0.4, 0.5) is 11.4 Å². The number of hydrogen-bond acceptors (Lipinski definition) is 4. The number of nitrogens with zero attached hydrogens (tertiary/aromatic N) is 1. The van der Waals surface area contributed by atoms with Crippen molar-refractivity contribution in [1.29, 1.82) is 0 Å². The molecule has 7 nitrogen and oxygen atoms in total. The second-order valence-corrected chi connectivity index (χ2v) is 8.97. The molecular formula is C26H23Cl2N3O4. The van der Waals surface area contributed by atoms with Gasteiger partial charge in [-0.05, 0) is 48.0 Å². The molecule has 0 bridgehead atoms. The van der Waals surface area contributed by atoms with Crippen LogP contribution in [-0.2, 0) is 20.9 Å². The molecular weight excluding hydrogens is 489 g/mol. The Kier molecular flexibility index (Phi) is 7.90. The van der Waals surface area contributed by atoms with E-state index >= 15 is 0 Å². The Bertz CT molecular complexity index is 1200. The van der Waals surface area contributed by atoms with E-state index in [-0.39, 0.29) is 30.7 Å². The molecule has 2 N–H and O–H groups in total. The van der Waals surface area contributed by atoms with Crippen molar-refractivity contribution < 1.29 is 19.1 Å². The molecule has 0 aromatic heterocycles. The molecule has 0 unspecified atom stereocenters. The van der Waals surface area contributed by atoms with Crippen LogP contribution in [0.3, 0.4) is 0 Å². The van der Waals surface area contributed by atoms with Gasteiger partial charge in [0.15, 0.2) is 6.61 Å². The Hall–Kier alpha value is -3.55. The summed E-state index contributed by atoms with van der Waals surface area (Å²) in [7, 11) is 0. The minimum absolute atomic E-state index is 0.113. The van der Waals surface area contributed by atoms with Crippen molar-refractivity contribution in [2.75, 3.05) is 23.4 Å². The van der Waals surface area contributed by atoms with Gasteiger partial charge in [-0.1, -0.05) is 53.5 Å². The first-order valence-corrected chi connectivity index (χ1v) is 11.7. The topological polar surface area (TPSA) is 87.7 Å². The van der Waals surface area contributed by atoms with Gasteiger partial charge in [-0.15, -0.1) is 0 Å². The highest BCUT2D eigenvalue weighted by Gasteiger charge is 2.35. The zero-order valence-electron chi connectivity index (χ0n) is 18.7. The molecule has 1 aliphatic heterocycles. The van der Waals surface area contributed by atoms with Crippen LogP contribution < -0.4 is 20.3 Å². The highest BCUT2D eigenvalue weighted by Crippen LogP contribution is 2.27. The first-order chi connectivity index (χ1) is 16.9. The van der Waals surface area contributed by atoms with E-state index in [1.54, 1.807) is 47.4 Å². The van der Waals surface area contributed by atoms with E-state index in [0.717, 1.165) is 5.56 Å². The molecule has 1 aliphatic rings. The fourth-order valence-electron chi connectivity index (χ4n) is 3.76. The van der Waals surface area contributed by atoms with E-state index in [9.17, 15) is 14.4 Å². The quantitative estimate of drug-likeness (QED) is 0.459. The third kappa shape index (κ3) is 6.74. The summed E-state index contributed by atoms with van der Waals surface area (Å²) in [6.07, 6.45) is 0.159. The number of rotatable bonds is 8. The maximum atomic E-state index is 12.5. The monoisotopic (exact) mass is 511 g/mol. The molecule has 4 rings (SSSR count). The minimum Gasteiger partial charge on any atom is -0.484 e. The number of amides is 3. The van der Waals surface area contributed by atoms with Crippen molar-refractivity contribution in [3.8, 4) is 5.75 Å². The first kappa shape index (κ1) is 24.6. The summed E-state index contributed by atoms with van der Waals surface area (Å²) in [6, 6.07) is 21.2. The molecule has 3 aromatic carbocycles. The number of benzene rings is 3. The highest BCUT2D eigenvalue weighted by atomic mass is 35.5. The molecule has 35 heavy (non-hydrogen) atoms. The molecule has 3 aromatic rings. The smallest absolute Gasteiger partial charge is 0.262 e. The number of halogens is 2. The average Bonchev–Trinajstić information content (AvgIpc) is 3.23. The van der Waals surface area contributed by atoms with Gasteiger partial charge in [0.1, 0.15) is 5.75 Å². The molecule has 0 saturated carbocycles. The molecule has 1 saturated heterocycles. The zero-order chi connectivity index (χ0) is 24.8. The van der Waals surface area contributed by atoms with Gasteiger partial charge in [-0.25, -0.2) is 0 Å². The number of carbonyl (C=O) groups is 3. The van der Waals surface area contributed by atoms with Crippen LogP contribution in [0.1, 0.15) is 12.0 Å². The summed E-state index contributed by atoms with van der Waals surface area (Å²) >= 11 is 11.9. The largest absolute Gasteiger partial charge is 0.484 e. The van der Waals surface area contributed by atoms with Crippen LogP contribution in [-0.4, -0.2) is 30.9 Å². The third-order valence-corrected chi connectivity index (χ3v) is 5.91. The van der Waals surface area contributed by atoms with Crippen molar-refractivity contribution in [2.45, 2.75) is 13.0 Å². The molecule has 1 heterocycles. The summed E-state index contributed by atoms with van der Waals surface area (Å²) < 4.78 is 5.53. The lowest BCUT2D eigenvalue weighted by molar-refractivity contribution is -0.126. The first-order valence-electron chi connectivity index (χ1n) is 11.0. The fourth-order valence-corrected chi connectivity index (χ4v) is 4.28. The predicted octanol–water partition coefficient (Wildman–Crippen LogP) is 4.68. The van der Waals surface area contributed by atoms with E-state index in [0.29, 0.717) is 40.3 Å². The van der Waals surface area contributed by atoms with E-state index < -0.39 is 5.92 Å². The Balaban J connectivity index is 1.27. The van der Waals surface area contributed by atoms with Crippen molar-refractivity contribution in [1.82, 2.24) is 5.32 Å². The van der Waals surface area contributed by atoms with E-state index in [4.69, 9.17) is 27.9 Å². The lowest BCUT2D eigenvalue weighted by Crippen LogP contribution is -2.32. The van der Waals surface area contributed by atoms with Gasteiger partial charge in [0.2, 0.25) is 11.8 Å². The summed E-state index contributed by atoms with van der Waals surface area (Å²) in [5, 5.41) is 6.40. The van der Waals surface area contributed by atoms with E-state index in [1.807, 2.05) is 30.3 Å². The van der Waals surface area contributed by atoms with Gasteiger partial charge >= 0.3 is 0 Å². The number of carbonyl (C=O) groups excluding carboxylic acids is 3. The Morgan fingerprint density at radius 1 is 0.971 bits per heavy atom. The van der Waals surface area contributed by atoms with Gasteiger partial charge in [0, 0.05) is 40.9 Å². The Morgan fingerprint density at radius 2 is 1.66 bits per heavy atom. The highest BCUT2D eigenvalue weighted by molar-refractivity contribution is 6.35. The molecule has 0 aliphatic carbocycles. The summed E-state index contributed by atoms with van der Waals surface area (Å²) in [6.45, 7) is 0.522. The SMILES string of the molecule is O=C(COc1ccc(N2C[C@H](C(=O)NCc3ccccc3)CC2=O)cc1)Nc1cc(Cl)cc(Cl)c1. The van der Waals surface area contributed by atoms with Crippen LogP contribution >= 0.6 is 23.2 Å². The molecule has 180 valence electrons. The van der Waals surface area contributed by atoms with Crippen LogP contribution in [0.5, 0.6) is 5.75 Å². The van der Waals surface area contributed by atoms with Crippen molar-refractivity contribution in [3.63, 3.8) is 0 Å². The lowest BCUT2D eigenvalue weighted by Gasteiger charge is -2.17. The lowest BCUT2D eigenvalue weighted by atomic mass is 10.1. The average molecular weight is 512 g/mol. The zero-order valence-corrected chi connectivity index (χ0v) is 20.2. The van der Waals surface area contributed by atoms with Crippen molar-refractivity contribution in [3.05, 3.63) is 88.4 Å². The van der Waals surface area contributed by atoms with Gasteiger partial charge in [-0.2, -0.15) is 0 Å². The maximum absolute atomic E-state index is 12.5. The van der Waals surface area contributed by atoms with Gasteiger partial charge in [0.25, 0.3) is 5.91 Å². The van der Waals surface area contributed by atoms with Gasteiger partial charge in [0.05, 0.1) is 5.92 Å². The second kappa shape index (κ2) is 11.3. The molecule has 0 radical (unpaired) electrons. The maximum Gasteiger partial charge on any atom is 0.262 e. The van der Waals surface area contributed by atoms with Gasteiger partial charge in [-0.3, -0.25) is 14.4 Å². The number of hydrogen-bond donors (Lipinski definition) is 2. The molecule has 0 spiro atoms. The Labute approximate surface area is 213 Å². The standard InChI is InChI=1S/C26H23Cl2N3O4/c27-19-11-20(28)13-21(12-19)30-24(32)16-35-23-8-6-22(7-9-23)31-15-18(10-25(31)33)26(34)29-14-17-4-2-1-3-5-17/h1-9,11-13,18H,10,14-16H2,(H,29,34)(H,30,32)/t18-/m1/s1. The molecule has 9 heteroatoms. The third-order valence-electron chi connectivity index (χ3n) is 5.47. The number of nitrogens with one attached hydrogen (secondary N) is 2. The van der Waals surface area contributed by atoms with Crippen molar-refractivity contribution in [2.24, 2.45) is 5.92 Å². The van der Waals surface area contributed by atoms with Crippen LogP contribution in [0, 0.1) is 5.92 Å². The van der Waals surface area contributed by atoms with E-state index in [2.05, 4.69) is 10.6 Å². The minimum atomic E-state index is -0.411. The predicted molar refractivity (Wildman–Crippen MR) is 136 cm³/mol. The summed E-state index contributed by atoms with van der Waals surface area (Å²) in [5.41, 5.74) is 2.14. The van der Waals surface area contributed by atoms with Crippen LogP contribution in [0.25, 0.3) is 0 Å². The summed E-state index contributed by atoms with van der Waals surface area (Å²) in [5.74, 6) is -0.566. The fraction of sp³-hybridized carbons (Fsp3) is 0.192. The molecule has 1 fully saturated rings. The van der Waals surface area contributed by atoms with E-state index in [1.165, 1.54) is 0 Å². The number of ether oxygens (including phenoxy) is 1.